The van der Waals surface area contributed by atoms with E-state index in [1.165, 1.54) is 18.4 Å². The number of hydrazine groups is 1. The van der Waals surface area contributed by atoms with Crippen LogP contribution in [0.1, 0.15) is 20.2 Å². The Morgan fingerprint density at radius 2 is 1.71 bits per heavy atom. The highest BCUT2D eigenvalue weighted by Gasteiger charge is 2.29. The Balaban J connectivity index is 1.39. The van der Waals surface area contributed by atoms with Crippen LogP contribution < -0.4 is 10.2 Å². The maximum absolute atomic E-state index is 13.5. The molecule has 1 aliphatic rings. The molecule has 0 radical (unpaired) electrons. The van der Waals surface area contributed by atoms with Gasteiger partial charge in [0.25, 0.3) is 11.8 Å². The number of para-hydroxylation sites is 1. The van der Waals surface area contributed by atoms with Crippen LogP contribution in [0.5, 0.6) is 5.75 Å². The molecule has 1 saturated heterocycles. The van der Waals surface area contributed by atoms with Crippen LogP contribution in [0.4, 0.5) is 0 Å². The van der Waals surface area contributed by atoms with Gasteiger partial charge in [-0.2, -0.15) is 5.10 Å². The van der Waals surface area contributed by atoms with Crippen LogP contribution in [-0.2, 0) is 0 Å². The van der Waals surface area contributed by atoms with Gasteiger partial charge in [-0.1, -0.05) is 47.5 Å². The number of thiophene rings is 1. The molecule has 0 unspecified atom stereocenters. The highest BCUT2D eigenvalue weighted by molar-refractivity contribution is 9.11. The fourth-order valence-corrected chi connectivity index (χ4v) is 5.90. The van der Waals surface area contributed by atoms with Gasteiger partial charge in [-0.3, -0.25) is 15.0 Å². The minimum Gasteiger partial charge on any atom is -0.492 e. The fraction of sp³-hybridized carbons (Fsp3) is 0.192. The Kier molecular flexibility index (Phi) is 8.06. The number of piperazine rings is 1. The molecule has 0 spiro atoms. The van der Waals surface area contributed by atoms with Gasteiger partial charge in [0.15, 0.2) is 11.4 Å². The number of nitrogens with zero attached hydrogens (tertiary/aromatic N) is 4. The van der Waals surface area contributed by atoms with Crippen molar-refractivity contribution >= 4 is 62.3 Å². The van der Waals surface area contributed by atoms with E-state index >= 15 is 0 Å². The summed E-state index contributed by atoms with van der Waals surface area (Å²) in [7, 11) is 1.50. The van der Waals surface area contributed by atoms with Gasteiger partial charge in [0.1, 0.15) is 5.69 Å². The molecule has 5 rings (SSSR count). The van der Waals surface area contributed by atoms with Crippen LogP contribution in [0, 0.1) is 0 Å². The zero-order valence-corrected chi connectivity index (χ0v) is 24.1. The van der Waals surface area contributed by atoms with Crippen molar-refractivity contribution in [3.63, 3.8) is 0 Å². The number of rotatable bonds is 6. The Morgan fingerprint density at radius 3 is 2.34 bits per heavy atom. The quantitative estimate of drug-likeness (QED) is 0.291. The van der Waals surface area contributed by atoms with Gasteiger partial charge >= 0.3 is 0 Å². The monoisotopic (exact) mass is 633 g/mol. The number of aromatic nitrogens is 2. The number of amides is 2. The largest absolute Gasteiger partial charge is 0.492 e. The number of methoxy groups -OCH3 is 1. The first kappa shape index (κ1) is 26.7. The average molecular weight is 635 g/mol. The summed E-state index contributed by atoms with van der Waals surface area (Å²) >= 11 is 17.4. The minimum atomic E-state index is -0.426. The Morgan fingerprint density at radius 1 is 1.00 bits per heavy atom. The molecule has 0 aliphatic carbocycles. The first-order valence-corrected chi connectivity index (χ1v) is 14.0. The maximum Gasteiger partial charge on any atom is 0.289 e. The first-order valence-electron chi connectivity index (χ1n) is 11.6. The van der Waals surface area contributed by atoms with Gasteiger partial charge in [-0.25, -0.2) is 9.69 Å². The van der Waals surface area contributed by atoms with Crippen molar-refractivity contribution in [1.82, 2.24) is 25.1 Å². The molecule has 1 fully saturated rings. The predicted octanol–water partition coefficient (Wildman–Crippen LogP) is 5.78. The van der Waals surface area contributed by atoms with Crippen molar-refractivity contribution in [2.24, 2.45) is 0 Å². The van der Waals surface area contributed by atoms with Crippen LogP contribution in [-0.4, -0.2) is 64.8 Å². The maximum atomic E-state index is 13.5. The van der Waals surface area contributed by atoms with Gasteiger partial charge in [0, 0.05) is 36.8 Å². The molecule has 38 heavy (non-hydrogen) atoms. The number of ether oxygens (including phenoxy) is 1. The van der Waals surface area contributed by atoms with Gasteiger partial charge in [-0.15, -0.1) is 11.3 Å². The average Bonchev–Trinajstić information content (AvgIpc) is 3.53. The summed E-state index contributed by atoms with van der Waals surface area (Å²) in [6, 6.07) is 18.1. The normalized spacial score (nSPS) is 13.9. The molecule has 1 aliphatic heterocycles. The van der Waals surface area contributed by atoms with Crippen LogP contribution >= 0.6 is 50.5 Å². The van der Waals surface area contributed by atoms with E-state index in [2.05, 4.69) is 26.5 Å². The molecule has 0 bridgehead atoms. The zero-order valence-electron chi connectivity index (χ0n) is 20.2. The van der Waals surface area contributed by atoms with Gasteiger partial charge < -0.3 is 9.64 Å². The van der Waals surface area contributed by atoms with E-state index in [0.29, 0.717) is 58.2 Å². The third kappa shape index (κ3) is 5.45. The lowest BCUT2D eigenvalue weighted by atomic mass is 10.1. The second-order valence-corrected chi connectivity index (χ2v) is 11.7. The van der Waals surface area contributed by atoms with Gasteiger partial charge in [-0.05, 0) is 52.3 Å². The molecule has 1 N–H and O–H groups in total. The molecule has 2 amide bonds. The van der Waals surface area contributed by atoms with Crippen molar-refractivity contribution in [3.05, 3.63) is 85.1 Å². The van der Waals surface area contributed by atoms with Crippen LogP contribution in [0.2, 0.25) is 10.0 Å². The highest BCUT2D eigenvalue weighted by Crippen LogP contribution is 2.37. The summed E-state index contributed by atoms with van der Waals surface area (Å²) in [4.78, 5) is 28.7. The van der Waals surface area contributed by atoms with Gasteiger partial charge in [0.2, 0.25) is 0 Å². The minimum absolute atomic E-state index is 0.0144. The molecule has 2 aromatic carbocycles. The summed E-state index contributed by atoms with van der Waals surface area (Å²) in [5, 5.41) is 7.47. The van der Waals surface area contributed by atoms with Crippen LogP contribution in [0.3, 0.4) is 0 Å². The van der Waals surface area contributed by atoms with Crippen molar-refractivity contribution in [2.75, 3.05) is 33.3 Å². The molecule has 3 heterocycles. The number of benzene rings is 2. The number of hydrogen-bond donors (Lipinski definition) is 1. The van der Waals surface area contributed by atoms with E-state index in [-0.39, 0.29) is 11.6 Å². The van der Waals surface area contributed by atoms with E-state index in [4.69, 9.17) is 27.9 Å². The Bertz CT molecular complexity index is 1480. The summed E-state index contributed by atoms with van der Waals surface area (Å²) in [5.74, 6) is -0.133. The smallest absolute Gasteiger partial charge is 0.289 e. The molecule has 196 valence electrons. The summed E-state index contributed by atoms with van der Waals surface area (Å²) in [5.41, 5.74) is 4.96. The molecular formula is C26H22BrCl2N5O3S. The number of carbonyl (C=O) groups is 2. The topological polar surface area (TPSA) is 79.7 Å². The molecule has 4 aromatic rings. The van der Waals surface area contributed by atoms with Crippen LogP contribution in [0.15, 0.2) is 64.5 Å². The van der Waals surface area contributed by atoms with Crippen molar-refractivity contribution in [2.45, 2.75) is 0 Å². The summed E-state index contributed by atoms with van der Waals surface area (Å²) < 4.78 is 8.24. The van der Waals surface area contributed by atoms with E-state index < -0.39 is 5.91 Å². The lowest BCUT2D eigenvalue weighted by Gasteiger charge is -2.34. The molecular weight excluding hydrogens is 613 g/mol. The number of nitrogens with one attached hydrogen (secondary N) is 1. The van der Waals surface area contributed by atoms with Crippen LogP contribution in [0.25, 0.3) is 16.9 Å². The molecule has 0 atom stereocenters. The van der Waals surface area contributed by atoms with Crippen molar-refractivity contribution in [3.8, 4) is 22.7 Å². The van der Waals surface area contributed by atoms with E-state index in [1.807, 2.05) is 42.5 Å². The van der Waals surface area contributed by atoms with Crippen molar-refractivity contribution < 1.29 is 14.3 Å². The second-order valence-electron chi connectivity index (χ2n) is 8.42. The Labute approximate surface area is 241 Å². The summed E-state index contributed by atoms with van der Waals surface area (Å²) in [6.07, 6.45) is 0. The first-order chi connectivity index (χ1) is 18.4. The standard InChI is InChI=1S/C26H22BrCl2N5O3S/c1-37-24-22(25(35)31-33-14-12-32(13-15-33)26(36)20-10-11-21(27)38-20)30-34(19-5-3-2-4-18(19)29)23(24)16-6-8-17(28)9-7-16/h2-11H,12-15H2,1H3,(H,31,35). The summed E-state index contributed by atoms with van der Waals surface area (Å²) in [6.45, 7) is 1.91. The predicted molar refractivity (Wildman–Crippen MR) is 153 cm³/mol. The Hall–Kier alpha value is -2.89. The lowest BCUT2D eigenvalue weighted by molar-refractivity contribution is 0.0505. The molecule has 0 saturated carbocycles. The van der Waals surface area contributed by atoms with E-state index in [9.17, 15) is 9.59 Å². The third-order valence-corrected chi connectivity index (χ3v) is 8.25. The van der Waals surface area contributed by atoms with E-state index in [1.54, 1.807) is 32.8 Å². The molecule has 12 heteroatoms. The van der Waals surface area contributed by atoms with E-state index in [0.717, 1.165) is 9.35 Å². The van der Waals surface area contributed by atoms with Gasteiger partial charge in [0.05, 0.1) is 26.5 Å². The fourth-order valence-electron chi connectivity index (χ4n) is 4.21. The highest BCUT2D eigenvalue weighted by atomic mass is 79.9. The SMILES string of the molecule is COc1c(C(=O)NN2CCN(C(=O)c3ccc(Br)s3)CC2)nn(-c2ccccc2Cl)c1-c1ccc(Cl)cc1. The lowest BCUT2D eigenvalue weighted by Crippen LogP contribution is -2.54. The molecule has 2 aromatic heterocycles. The zero-order chi connectivity index (χ0) is 26.8. The third-order valence-electron chi connectivity index (χ3n) is 6.07. The second kappa shape index (κ2) is 11.5. The number of hydrogen-bond acceptors (Lipinski definition) is 6. The number of halogens is 3. The number of carbonyl (C=O) groups excluding carboxylic acids is 2. The van der Waals surface area contributed by atoms with Crippen molar-refractivity contribution in [1.29, 1.82) is 0 Å². The molecule has 8 nitrogen and oxygen atoms in total.